The smallest absolute Gasteiger partial charge is 0.258 e. The molecule has 0 fully saturated rings. The minimum absolute atomic E-state index is 0.00950. The molecule has 24 heavy (non-hydrogen) atoms. The van der Waals surface area contributed by atoms with E-state index in [-0.39, 0.29) is 12.5 Å². The molecule has 0 heterocycles. The van der Waals surface area contributed by atoms with Crippen molar-refractivity contribution in [2.75, 3.05) is 19.8 Å². The highest BCUT2D eigenvalue weighted by Gasteiger charge is 2.09. The summed E-state index contributed by atoms with van der Waals surface area (Å²) < 4.78 is 11.3. The molecule has 0 aliphatic rings. The molecule has 4 nitrogen and oxygen atoms in total. The average Bonchev–Trinajstić information content (AvgIpc) is 2.55. The molecule has 1 amide bonds. The summed E-state index contributed by atoms with van der Waals surface area (Å²) in [7, 11) is 0. The SMILES string of the molecule is Cc1cccc(OCCNC(=O)COc2c(C)ccc(C)c2C)c1. The van der Waals surface area contributed by atoms with Gasteiger partial charge in [-0.15, -0.1) is 0 Å². The molecule has 0 bridgehead atoms. The molecule has 0 radical (unpaired) electrons. The molecule has 0 aliphatic heterocycles. The molecule has 0 unspecified atom stereocenters. The summed E-state index contributed by atoms with van der Waals surface area (Å²) in [5.74, 6) is 1.45. The Bertz CT molecular complexity index is 710. The normalized spacial score (nSPS) is 10.3. The quantitative estimate of drug-likeness (QED) is 0.792. The Morgan fingerprint density at radius 2 is 1.75 bits per heavy atom. The number of carbonyl (C=O) groups is 1. The number of amides is 1. The van der Waals surface area contributed by atoms with E-state index in [9.17, 15) is 4.79 Å². The fourth-order valence-electron chi connectivity index (χ4n) is 2.40. The van der Waals surface area contributed by atoms with Crippen LogP contribution >= 0.6 is 0 Å². The summed E-state index contributed by atoms with van der Waals surface area (Å²) in [4.78, 5) is 11.9. The van der Waals surface area contributed by atoms with Gasteiger partial charge in [-0.2, -0.15) is 0 Å². The van der Waals surface area contributed by atoms with E-state index in [2.05, 4.69) is 11.4 Å². The molecule has 2 aromatic carbocycles. The highest BCUT2D eigenvalue weighted by molar-refractivity contribution is 5.77. The van der Waals surface area contributed by atoms with Crippen molar-refractivity contribution in [2.45, 2.75) is 27.7 Å². The third kappa shape index (κ3) is 5.01. The average molecular weight is 327 g/mol. The Labute approximate surface area is 143 Å². The fourth-order valence-corrected chi connectivity index (χ4v) is 2.40. The van der Waals surface area contributed by atoms with Crippen LogP contribution in [0.3, 0.4) is 0 Å². The van der Waals surface area contributed by atoms with Crippen LogP contribution < -0.4 is 14.8 Å². The fraction of sp³-hybridized carbons (Fsp3) is 0.350. The van der Waals surface area contributed by atoms with Crippen LogP contribution in [-0.4, -0.2) is 25.7 Å². The van der Waals surface area contributed by atoms with Crippen molar-refractivity contribution in [1.82, 2.24) is 5.32 Å². The Kier molecular flexibility index (Phi) is 6.24. The zero-order valence-corrected chi connectivity index (χ0v) is 14.8. The number of hydrogen-bond donors (Lipinski definition) is 1. The number of aryl methyl sites for hydroxylation is 3. The van der Waals surface area contributed by atoms with E-state index in [1.807, 2.05) is 58.0 Å². The second-order valence-corrected chi connectivity index (χ2v) is 5.96. The molecule has 2 aromatic rings. The topological polar surface area (TPSA) is 47.6 Å². The summed E-state index contributed by atoms with van der Waals surface area (Å²) >= 11 is 0. The van der Waals surface area contributed by atoms with Gasteiger partial charge in [0, 0.05) is 0 Å². The first-order valence-corrected chi connectivity index (χ1v) is 8.13. The van der Waals surface area contributed by atoms with Gasteiger partial charge in [0.15, 0.2) is 6.61 Å². The Morgan fingerprint density at radius 1 is 1.00 bits per heavy atom. The van der Waals surface area contributed by atoms with Gasteiger partial charge in [0.05, 0.1) is 6.54 Å². The first-order chi connectivity index (χ1) is 11.5. The maximum atomic E-state index is 11.9. The van der Waals surface area contributed by atoms with Crippen molar-refractivity contribution in [1.29, 1.82) is 0 Å². The second-order valence-electron chi connectivity index (χ2n) is 5.96. The summed E-state index contributed by atoms with van der Waals surface area (Å²) in [6.07, 6.45) is 0. The number of benzene rings is 2. The van der Waals surface area contributed by atoms with Crippen molar-refractivity contribution < 1.29 is 14.3 Å². The van der Waals surface area contributed by atoms with Crippen LogP contribution in [0.25, 0.3) is 0 Å². The van der Waals surface area contributed by atoms with Crippen LogP contribution in [-0.2, 0) is 4.79 Å². The first-order valence-electron chi connectivity index (χ1n) is 8.13. The van der Waals surface area contributed by atoms with Crippen molar-refractivity contribution in [2.24, 2.45) is 0 Å². The number of hydrogen-bond acceptors (Lipinski definition) is 3. The predicted molar refractivity (Wildman–Crippen MR) is 95.8 cm³/mol. The van der Waals surface area contributed by atoms with E-state index in [4.69, 9.17) is 9.47 Å². The maximum Gasteiger partial charge on any atom is 0.258 e. The van der Waals surface area contributed by atoms with Crippen molar-refractivity contribution in [3.8, 4) is 11.5 Å². The molecule has 0 atom stereocenters. The van der Waals surface area contributed by atoms with E-state index < -0.39 is 0 Å². The van der Waals surface area contributed by atoms with Gasteiger partial charge in [-0.3, -0.25) is 4.79 Å². The monoisotopic (exact) mass is 327 g/mol. The molecule has 0 aromatic heterocycles. The van der Waals surface area contributed by atoms with Crippen LogP contribution in [0.15, 0.2) is 36.4 Å². The predicted octanol–water partition coefficient (Wildman–Crippen LogP) is 3.49. The van der Waals surface area contributed by atoms with Gasteiger partial charge < -0.3 is 14.8 Å². The molecule has 0 spiro atoms. The van der Waals surface area contributed by atoms with Gasteiger partial charge in [-0.25, -0.2) is 0 Å². The van der Waals surface area contributed by atoms with E-state index in [1.54, 1.807) is 0 Å². The number of rotatable bonds is 7. The van der Waals surface area contributed by atoms with E-state index >= 15 is 0 Å². The lowest BCUT2D eigenvalue weighted by atomic mass is 10.1. The molecular weight excluding hydrogens is 302 g/mol. The van der Waals surface area contributed by atoms with Gasteiger partial charge >= 0.3 is 0 Å². The molecule has 4 heteroatoms. The second kappa shape index (κ2) is 8.39. The lowest BCUT2D eigenvalue weighted by molar-refractivity contribution is -0.123. The van der Waals surface area contributed by atoms with Crippen LogP contribution in [0.4, 0.5) is 0 Å². The largest absolute Gasteiger partial charge is 0.492 e. The Morgan fingerprint density at radius 3 is 2.50 bits per heavy atom. The van der Waals surface area contributed by atoms with Crippen LogP contribution in [0.2, 0.25) is 0 Å². The zero-order valence-electron chi connectivity index (χ0n) is 14.8. The highest BCUT2D eigenvalue weighted by Crippen LogP contribution is 2.25. The van der Waals surface area contributed by atoms with E-state index in [0.29, 0.717) is 13.2 Å². The summed E-state index contributed by atoms with van der Waals surface area (Å²) in [6, 6.07) is 11.9. The summed E-state index contributed by atoms with van der Waals surface area (Å²) in [5.41, 5.74) is 4.41. The van der Waals surface area contributed by atoms with Gasteiger partial charge in [0.25, 0.3) is 5.91 Å². The van der Waals surface area contributed by atoms with Gasteiger partial charge in [0.1, 0.15) is 18.1 Å². The standard InChI is InChI=1S/C20H25NO3/c1-14-6-5-7-18(12-14)23-11-10-21-19(22)13-24-20-16(3)9-8-15(2)17(20)4/h5-9,12H,10-11,13H2,1-4H3,(H,21,22). The van der Waals surface area contributed by atoms with Gasteiger partial charge in [-0.1, -0.05) is 24.3 Å². The maximum absolute atomic E-state index is 11.9. The van der Waals surface area contributed by atoms with Crippen LogP contribution in [0.5, 0.6) is 11.5 Å². The molecule has 2 rings (SSSR count). The first kappa shape index (κ1) is 17.9. The van der Waals surface area contributed by atoms with E-state index in [1.165, 1.54) is 0 Å². The highest BCUT2D eigenvalue weighted by atomic mass is 16.5. The Balaban J connectivity index is 1.73. The molecule has 1 N–H and O–H groups in total. The third-order valence-corrected chi connectivity index (χ3v) is 3.90. The van der Waals surface area contributed by atoms with Gasteiger partial charge in [0.2, 0.25) is 0 Å². The van der Waals surface area contributed by atoms with Crippen molar-refractivity contribution in [3.05, 3.63) is 58.7 Å². The number of ether oxygens (including phenoxy) is 2. The Hall–Kier alpha value is -2.49. The molecule has 0 saturated heterocycles. The lowest BCUT2D eigenvalue weighted by Crippen LogP contribution is -2.32. The van der Waals surface area contributed by atoms with Crippen molar-refractivity contribution >= 4 is 5.91 Å². The molecule has 128 valence electrons. The lowest BCUT2D eigenvalue weighted by Gasteiger charge is -2.14. The molecule has 0 saturated carbocycles. The summed E-state index contributed by atoms with van der Waals surface area (Å²) in [6.45, 7) is 8.92. The minimum atomic E-state index is -0.150. The van der Waals surface area contributed by atoms with Crippen LogP contribution in [0, 0.1) is 27.7 Å². The van der Waals surface area contributed by atoms with Crippen molar-refractivity contribution in [3.63, 3.8) is 0 Å². The minimum Gasteiger partial charge on any atom is -0.492 e. The van der Waals surface area contributed by atoms with Gasteiger partial charge in [-0.05, 0) is 62.1 Å². The third-order valence-electron chi connectivity index (χ3n) is 3.90. The summed E-state index contributed by atoms with van der Waals surface area (Å²) in [5, 5.41) is 2.80. The molecular formula is C20H25NO3. The molecule has 0 aliphatic carbocycles. The van der Waals surface area contributed by atoms with E-state index in [0.717, 1.165) is 33.8 Å². The number of nitrogens with one attached hydrogen (secondary N) is 1. The number of carbonyl (C=O) groups excluding carboxylic acids is 1. The zero-order chi connectivity index (χ0) is 17.5. The van der Waals surface area contributed by atoms with Crippen LogP contribution in [0.1, 0.15) is 22.3 Å².